The molecule has 1 saturated heterocycles. The van der Waals surface area contributed by atoms with Gasteiger partial charge < -0.3 is 15.0 Å². The Morgan fingerprint density at radius 2 is 1.68 bits per heavy atom. The van der Waals surface area contributed by atoms with E-state index in [1.807, 2.05) is 0 Å². The van der Waals surface area contributed by atoms with E-state index in [-0.39, 0.29) is 18.0 Å². The molecule has 1 aliphatic rings. The first-order valence-corrected chi connectivity index (χ1v) is 10.1. The minimum atomic E-state index is -4.43. The monoisotopic (exact) mass is 439 g/mol. The van der Waals surface area contributed by atoms with Gasteiger partial charge in [0, 0.05) is 38.4 Å². The second-order valence-electron chi connectivity index (χ2n) is 7.36. The van der Waals surface area contributed by atoms with Gasteiger partial charge in [0.05, 0.1) is 18.8 Å². The summed E-state index contributed by atoms with van der Waals surface area (Å²) in [5.41, 5.74) is 0.254. The summed E-state index contributed by atoms with van der Waals surface area (Å²) in [5.74, 6) is -0.364. The lowest BCUT2D eigenvalue weighted by Gasteiger charge is -2.28. The van der Waals surface area contributed by atoms with E-state index in [1.54, 1.807) is 17.0 Å². The minimum Gasteiger partial charge on any atom is -0.379 e. The van der Waals surface area contributed by atoms with Crippen molar-refractivity contribution in [1.82, 2.24) is 9.80 Å². The van der Waals surface area contributed by atoms with Crippen LogP contribution in [0.15, 0.2) is 48.5 Å². The van der Waals surface area contributed by atoms with Gasteiger partial charge in [-0.15, -0.1) is 0 Å². The van der Waals surface area contributed by atoms with Crippen LogP contribution >= 0.6 is 0 Å². The van der Waals surface area contributed by atoms with Crippen molar-refractivity contribution in [3.8, 4) is 0 Å². The quantitative estimate of drug-likeness (QED) is 0.642. The van der Waals surface area contributed by atoms with Crippen molar-refractivity contribution < 1.29 is 27.1 Å². The summed E-state index contributed by atoms with van der Waals surface area (Å²) in [5, 5.41) is 2.65. The second-order valence-corrected chi connectivity index (χ2v) is 7.36. The number of morpholine rings is 1. The Morgan fingerprint density at radius 3 is 2.29 bits per heavy atom. The number of hydrogen-bond acceptors (Lipinski definition) is 3. The smallest absolute Gasteiger partial charge is 0.379 e. The maximum atomic E-state index is 13.2. The zero-order chi connectivity index (χ0) is 22.3. The number of amides is 2. The lowest BCUT2D eigenvalue weighted by Crippen LogP contribution is -2.40. The number of nitrogens with one attached hydrogen (secondary N) is 1. The lowest BCUT2D eigenvalue weighted by molar-refractivity contribution is -0.137. The molecule has 31 heavy (non-hydrogen) atoms. The number of halogens is 4. The van der Waals surface area contributed by atoms with Crippen LogP contribution in [-0.4, -0.2) is 55.2 Å². The molecular formula is C22H25F4N3O2. The molecule has 2 aromatic rings. The molecule has 0 saturated carbocycles. The topological polar surface area (TPSA) is 44.8 Å². The van der Waals surface area contributed by atoms with Gasteiger partial charge in [0.1, 0.15) is 5.82 Å². The number of ether oxygens (including phenoxy) is 1. The van der Waals surface area contributed by atoms with Crippen LogP contribution in [0.3, 0.4) is 0 Å². The SMILES string of the molecule is O=C(Nc1ccc(C(F)(F)F)cc1)N(CCCN1CCOCC1)Cc1ccc(F)cc1. The van der Waals surface area contributed by atoms with Gasteiger partial charge in [-0.3, -0.25) is 4.90 Å². The Balaban J connectivity index is 1.63. The van der Waals surface area contributed by atoms with E-state index in [4.69, 9.17) is 4.74 Å². The van der Waals surface area contributed by atoms with Gasteiger partial charge in [0.15, 0.2) is 0 Å². The van der Waals surface area contributed by atoms with Crippen LogP contribution in [0.5, 0.6) is 0 Å². The average molecular weight is 439 g/mol. The van der Waals surface area contributed by atoms with Gasteiger partial charge in [0.25, 0.3) is 0 Å². The van der Waals surface area contributed by atoms with Crippen molar-refractivity contribution in [1.29, 1.82) is 0 Å². The first kappa shape index (κ1) is 23.0. The van der Waals surface area contributed by atoms with Crippen molar-refractivity contribution >= 4 is 11.7 Å². The van der Waals surface area contributed by atoms with E-state index < -0.39 is 17.8 Å². The van der Waals surface area contributed by atoms with Crippen LogP contribution in [0, 0.1) is 5.82 Å². The highest BCUT2D eigenvalue weighted by Gasteiger charge is 2.30. The summed E-state index contributed by atoms with van der Waals surface area (Å²) in [6.07, 6.45) is -3.71. The molecule has 0 aromatic heterocycles. The zero-order valence-corrected chi connectivity index (χ0v) is 17.0. The molecule has 1 heterocycles. The van der Waals surface area contributed by atoms with Crippen molar-refractivity contribution in [2.75, 3.05) is 44.7 Å². The number of rotatable bonds is 7. The number of alkyl halides is 3. The predicted molar refractivity (Wildman–Crippen MR) is 109 cm³/mol. The molecule has 0 atom stereocenters. The van der Waals surface area contributed by atoms with Gasteiger partial charge in [0.2, 0.25) is 0 Å². The van der Waals surface area contributed by atoms with Gasteiger partial charge in [-0.2, -0.15) is 13.2 Å². The molecule has 0 radical (unpaired) electrons. The summed E-state index contributed by atoms with van der Waals surface area (Å²) in [4.78, 5) is 16.7. The van der Waals surface area contributed by atoms with Crippen LogP contribution in [0.4, 0.5) is 28.0 Å². The molecule has 9 heteroatoms. The van der Waals surface area contributed by atoms with Crippen LogP contribution in [0.25, 0.3) is 0 Å². The van der Waals surface area contributed by atoms with E-state index in [0.717, 1.165) is 43.8 Å². The Morgan fingerprint density at radius 1 is 1.03 bits per heavy atom. The van der Waals surface area contributed by atoms with Gasteiger partial charge in [-0.1, -0.05) is 12.1 Å². The normalized spacial score (nSPS) is 15.0. The van der Waals surface area contributed by atoms with Gasteiger partial charge in [-0.05, 0) is 48.4 Å². The number of carbonyl (C=O) groups excluding carboxylic acids is 1. The molecule has 2 aromatic carbocycles. The van der Waals surface area contributed by atoms with Crippen molar-refractivity contribution in [3.05, 3.63) is 65.5 Å². The third-order valence-corrected chi connectivity index (χ3v) is 5.04. The molecule has 5 nitrogen and oxygen atoms in total. The maximum Gasteiger partial charge on any atom is 0.416 e. The molecule has 0 spiro atoms. The Kier molecular flexibility index (Phi) is 7.86. The van der Waals surface area contributed by atoms with E-state index in [2.05, 4.69) is 10.2 Å². The first-order valence-electron chi connectivity index (χ1n) is 10.1. The summed E-state index contributed by atoms with van der Waals surface area (Å²) in [6, 6.07) is 9.76. The number of carbonyl (C=O) groups is 1. The molecule has 0 aliphatic carbocycles. The predicted octanol–water partition coefficient (Wildman–Crippen LogP) is 4.60. The van der Waals surface area contributed by atoms with Crippen molar-refractivity contribution in [2.24, 2.45) is 0 Å². The second kappa shape index (κ2) is 10.6. The minimum absolute atomic E-state index is 0.260. The lowest BCUT2D eigenvalue weighted by atomic mass is 10.2. The first-order chi connectivity index (χ1) is 14.8. The Bertz CT molecular complexity index is 835. The third kappa shape index (κ3) is 7.22. The van der Waals surface area contributed by atoms with Crippen LogP contribution in [0.1, 0.15) is 17.5 Å². The van der Waals surface area contributed by atoms with E-state index in [1.165, 1.54) is 24.3 Å². The summed E-state index contributed by atoms with van der Waals surface area (Å²) >= 11 is 0. The molecule has 3 rings (SSSR count). The molecule has 0 unspecified atom stereocenters. The highest BCUT2D eigenvalue weighted by atomic mass is 19.4. The maximum absolute atomic E-state index is 13.2. The van der Waals surface area contributed by atoms with Crippen molar-refractivity contribution in [2.45, 2.75) is 19.1 Å². The highest BCUT2D eigenvalue weighted by molar-refractivity contribution is 5.89. The molecule has 1 fully saturated rings. The molecular weight excluding hydrogens is 414 g/mol. The zero-order valence-electron chi connectivity index (χ0n) is 17.0. The Hall–Kier alpha value is -2.65. The van der Waals surface area contributed by atoms with E-state index in [0.29, 0.717) is 19.8 Å². The van der Waals surface area contributed by atoms with Crippen molar-refractivity contribution in [3.63, 3.8) is 0 Å². The third-order valence-electron chi connectivity index (χ3n) is 5.04. The number of nitrogens with zero attached hydrogens (tertiary/aromatic N) is 2. The number of anilines is 1. The van der Waals surface area contributed by atoms with Gasteiger partial charge >= 0.3 is 12.2 Å². The molecule has 2 amide bonds. The summed E-state index contributed by atoms with van der Waals surface area (Å²) in [7, 11) is 0. The standard InChI is InChI=1S/C22H25F4N3O2/c23-19-6-2-17(3-7-19)16-29(11-1-10-28-12-14-31-15-13-28)21(30)27-20-8-4-18(5-9-20)22(24,25)26/h2-9H,1,10-16H2,(H,27,30). The molecule has 168 valence electrons. The number of hydrogen-bond donors (Lipinski definition) is 1. The number of benzene rings is 2. The van der Waals surface area contributed by atoms with Crippen LogP contribution < -0.4 is 5.32 Å². The average Bonchev–Trinajstić information content (AvgIpc) is 2.75. The summed E-state index contributed by atoms with van der Waals surface area (Å²) in [6.45, 7) is 4.57. The molecule has 1 aliphatic heterocycles. The fourth-order valence-corrected chi connectivity index (χ4v) is 3.32. The van der Waals surface area contributed by atoms with Crippen LogP contribution in [0.2, 0.25) is 0 Å². The number of urea groups is 1. The molecule has 1 N–H and O–H groups in total. The highest BCUT2D eigenvalue weighted by Crippen LogP contribution is 2.29. The largest absolute Gasteiger partial charge is 0.416 e. The Labute approximate surface area is 178 Å². The van der Waals surface area contributed by atoms with E-state index in [9.17, 15) is 22.4 Å². The fourth-order valence-electron chi connectivity index (χ4n) is 3.32. The van der Waals surface area contributed by atoms with Gasteiger partial charge in [-0.25, -0.2) is 9.18 Å². The van der Waals surface area contributed by atoms with Crippen LogP contribution in [-0.2, 0) is 17.5 Å². The van der Waals surface area contributed by atoms with E-state index >= 15 is 0 Å². The summed E-state index contributed by atoms with van der Waals surface area (Å²) < 4.78 is 56.8. The fraction of sp³-hybridized carbons (Fsp3) is 0.409. The molecule has 0 bridgehead atoms.